The monoisotopic (exact) mass is 329 g/mol. The third kappa shape index (κ3) is 3.76. The number of nitrogens with zero attached hydrogens (tertiary/aromatic N) is 2. The minimum absolute atomic E-state index is 0.0441. The molecule has 1 amide bonds. The van der Waals surface area contributed by atoms with Gasteiger partial charge in [-0.15, -0.1) is 0 Å². The van der Waals surface area contributed by atoms with Gasteiger partial charge in [0.15, 0.2) is 0 Å². The van der Waals surface area contributed by atoms with E-state index in [0.717, 1.165) is 38.0 Å². The lowest BCUT2D eigenvalue weighted by molar-refractivity contribution is 0.00192. The van der Waals surface area contributed by atoms with Gasteiger partial charge in [-0.05, 0) is 49.6 Å². The number of hydrogen-bond donors (Lipinski definition) is 2. The second kappa shape index (κ2) is 7.49. The predicted octanol–water partition coefficient (Wildman–Crippen LogP) is 2.81. The molecule has 1 saturated heterocycles. The third-order valence-corrected chi connectivity index (χ3v) is 4.19. The van der Waals surface area contributed by atoms with Crippen LogP contribution in [0.4, 0.5) is 0 Å². The molecule has 24 heavy (non-hydrogen) atoms. The molecule has 2 heterocycles. The molecule has 0 unspecified atom stereocenters. The maximum Gasteiger partial charge on any atom is 0.271 e. The number of phenolic OH excluding ortho intramolecular Hbond substituents is 1. The number of ether oxygens (including phenoxy) is 1. The highest BCUT2D eigenvalue weighted by Crippen LogP contribution is 2.22. The van der Waals surface area contributed by atoms with Crippen LogP contribution in [-0.4, -0.2) is 51.9 Å². The Labute approximate surface area is 141 Å². The molecule has 0 aliphatic carbocycles. The van der Waals surface area contributed by atoms with Crippen LogP contribution in [0.25, 0.3) is 11.3 Å². The average molecular weight is 329 g/mol. The second-order valence-electron chi connectivity index (χ2n) is 6.10. The van der Waals surface area contributed by atoms with Crippen molar-refractivity contribution in [3.63, 3.8) is 0 Å². The number of aromatic nitrogens is 2. The summed E-state index contributed by atoms with van der Waals surface area (Å²) < 4.78 is 5.79. The van der Waals surface area contributed by atoms with Crippen molar-refractivity contribution in [1.82, 2.24) is 15.1 Å². The highest BCUT2D eigenvalue weighted by Gasteiger charge is 2.26. The van der Waals surface area contributed by atoms with Crippen LogP contribution in [-0.2, 0) is 4.74 Å². The van der Waals surface area contributed by atoms with Crippen molar-refractivity contribution in [3.05, 3.63) is 36.0 Å². The van der Waals surface area contributed by atoms with Crippen molar-refractivity contribution in [1.29, 1.82) is 0 Å². The first-order chi connectivity index (χ1) is 11.7. The number of likely N-dealkylation sites (tertiary alicyclic amines) is 1. The summed E-state index contributed by atoms with van der Waals surface area (Å²) in [6.45, 7) is 4.20. The Kier molecular flexibility index (Phi) is 5.15. The number of piperidine rings is 1. The number of carbonyl (C=O) groups is 1. The summed E-state index contributed by atoms with van der Waals surface area (Å²) in [6, 6.07) is 8.51. The number of hydrogen-bond acceptors (Lipinski definition) is 4. The maximum absolute atomic E-state index is 12.7. The van der Waals surface area contributed by atoms with E-state index in [4.69, 9.17) is 4.74 Å². The molecule has 3 rings (SSSR count). The van der Waals surface area contributed by atoms with Gasteiger partial charge < -0.3 is 14.7 Å². The molecule has 1 aromatic heterocycles. The van der Waals surface area contributed by atoms with E-state index < -0.39 is 0 Å². The standard InChI is InChI=1S/C18H23N3O3/c1-2-10-24-15-4-3-9-21(12-15)18(23)17-11-16(19-20-17)13-5-7-14(22)8-6-13/h5-8,11,15,22H,2-4,9-10,12H2,1H3,(H,19,20)/t15-/m0/s1. The number of phenols is 1. The van der Waals surface area contributed by atoms with Gasteiger partial charge in [-0.1, -0.05) is 6.92 Å². The van der Waals surface area contributed by atoms with Crippen LogP contribution in [0.2, 0.25) is 0 Å². The van der Waals surface area contributed by atoms with E-state index in [1.807, 2.05) is 4.90 Å². The molecule has 1 fully saturated rings. The van der Waals surface area contributed by atoms with Gasteiger partial charge in [0, 0.05) is 25.3 Å². The molecular formula is C18H23N3O3. The minimum Gasteiger partial charge on any atom is -0.508 e. The van der Waals surface area contributed by atoms with E-state index in [1.165, 1.54) is 0 Å². The Morgan fingerprint density at radius 2 is 2.21 bits per heavy atom. The normalized spacial score (nSPS) is 17.9. The highest BCUT2D eigenvalue weighted by molar-refractivity contribution is 5.93. The molecule has 1 atom stereocenters. The van der Waals surface area contributed by atoms with Gasteiger partial charge in [0.1, 0.15) is 11.4 Å². The number of H-pyrrole nitrogens is 1. The summed E-state index contributed by atoms with van der Waals surface area (Å²) in [5.74, 6) is 0.161. The molecule has 2 aromatic rings. The molecule has 0 spiro atoms. The van der Waals surface area contributed by atoms with Crippen molar-refractivity contribution in [2.45, 2.75) is 32.3 Å². The van der Waals surface area contributed by atoms with E-state index in [1.54, 1.807) is 30.3 Å². The molecule has 0 radical (unpaired) electrons. The van der Waals surface area contributed by atoms with Gasteiger partial charge in [-0.3, -0.25) is 9.89 Å². The summed E-state index contributed by atoms with van der Waals surface area (Å²) in [6.07, 6.45) is 3.08. The topological polar surface area (TPSA) is 78.4 Å². The quantitative estimate of drug-likeness (QED) is 0.884. The van der Waals surface area contributed by atoms with E-state index in [-0.39, 0.29) is 17.8 Å². The summed E-state index contributed by atoms with van der Waals surface area (Å²) in [7, 11) is 0. The van der Waals surface area contributed by atoms with Crippen molar-refractivity contribution in [3.8, 4) is 17.0 Å². The Morgan fingerprint density at radius 1 is 1.42 bits per heavy atom. The van der Waals surface area contributed by atoms with Crippen LogP contribution < -0.4 is 0 Å². The van der Waals surface area contributed by atoms with Crippen LogP contribution >= 0.6 is 0 Å². The van der Waals surface area contributed by atoms with Crippen LogP contribution in [0.5, 0.6) is 5.75 Å². The first-order valence-electron chi connectivity index (χ1n) is 8.43. The van der Waals surface area contributed by atoms with E-state index in [2.05, 4.69) is 17.1 Å². The molecule has 2 N–H and O–H groups in total. The van der Waals surface area contributed by atoms with Crippen molar-refractivity contribution in [2.24, 2.45) is 0 Å². The zero-order valence-electron chi connectivity index (χ0n) is 13.9. The first-order valence-corrected chi connectivity index (χ1v) is 8.43. The molecule has 1 aliphatic rings. The number of rotatable bonds is 5. The predicted molar refractivity (Wildman–Crippen MR) is 90.9 cm³/mol. The number of amides is 1. The van der Waals surface area contributed by atoms with Gasteiger partial charge in [0.2, 0.25) is 0 Å². The Bertz CT molecular complexity index is 681. The molecule has 128 valence electrons. The first kappa shape index (κ1) is 16.5. The van der Waals surface area contributed by atoms with E-state index in [9.17, 15) is 9.90 Å². The van der Waals surface area contributed by atoms with E-state index >= 15 is 0 Å². The van der Waals surface area contributed by atoms with Crippen molar-refractivity contribution >= 4 is 5.91 Å². The molecule has 1 aliphatic heterocycles. The van der Waals surface area contributed by atoms with Gasteiger partial charge in [-0.2, -0.15) is 5.10 Å². The van der Waals surface area contributed by atoms with Gasteiger partial charge in [0.05, 0.1) is 11.8 Å². The maximum atomic E-state index is 12.7. The molecule has 0 saturated carbocycles. The fraction of sp³-hybridized carbons (Fsp3) is 0.444. The smallest absolute Gasteiger partial charge is 0.271 e. The fourth-order valence-corrected chi connectivity index (χ4v) is 2.92. The number of nitrogens with one attached hydrogen (secondary N) is 1. The van der Waals surface area contributed by atoms with Crippen LogP contribution in [0, 0.1) is 0 Å². The largest absolute Gasteiger partial charge is 0.508 e. The summed E-state index contributed by atoms with van der Waals surface area (Å²) in [4.78, 5) is 14.5. The zero-order chi connectivity index (χ0) is 16.9. The molecule has 1 aromatic carbocycles. The number of aromatic hydroxyl groups is 1. The molecular weight excluding hydrogens is 306 g/mol. The Morgan fingerprint density at radius 3 is 2.96 bits per heavy atom. The Hall–Kier alpha value is -2.34. The number of aromatic amines is 1. The molecule has 6 nitrogen and oxygen atoms in total. The SMILES string of the molecule is CCCO[C@H]1CCCN(C(=O)c2cc(-c3ccc(O)cc3)n[nH]2)C1. The zero-order valence-corrected chi connectivity index (χ0v) is 13.9. The summed E-state index contributed by atoms with van der Waals surface area (Å²) >= 11 is 0. The third-order valence-electron chi connectivity index (χ3n) is 4.19. The van der Waals surface area contributed by atoms with Gasteiger partial charge in [-0.25, -0.2) is 0 Å². The summed E-state index contributed by atoms with van der Waals surface area (Å²) in [5.41, 5.74) is 2.02. The van der Waals surface area contributed by atoms with Crippen LogP contribution in [0.15, 0.2) is 30.3 Å². The summed E-state index contributed by atoms with van der Waals surface area (Å²) in [5, 5.41) is 16.4. The average Bonchev–Trinajstić information content (AvgIpc) is 3.10. The van der Waals surface area contributed by atoms with Gasteiger partial charge >= 0.3 is 0 Å². The molecule has 6 heteroatoms. The minimum atomic E-state index is -0.0441. The van der Waals surface area contributed by atoms with Crippen LogP contribution in [0.3, 0.4) is 0 Å². The van der Waals surface area contributed by atoms with Crippen LogP contribution in [0.1, 0.15) is 36.7 Å². The highest BCUT2D eigenvalue weighted by atomic mass is 16.5. The number of carbonyl (C=O) groups excluding carboxylic acids is 1. The lowest BCUT2D eigenvalue weighted by Crippen LogP contribution is -2.43. The van der Waals surface area contributed by atoms with Gasteiger partial charge in [0.25, 0.3) is 5.91 Å². The lowest BCUT2D eigenvalue weighted by Gasteiger charge is -2.32. The Balaban J connectivity index is 1.68. The fourth-order valence-electron chi connectivity index (χ4n) is 2.92. The molecule has 0 bridgehead atoms. The van der Waals surface area contributed by atoms with E-state index in [0.29, 0.717) is 17.9 Å². The lowest BCUT2D eigenvalue weighted by atomic mass is 10.1. The van der Waals surface area contributed by atoms with Crippen molar-refractivity contribution < 1.29 is 14.6 Å². The second-order valence-corrected chi connectivity index (χ2v) is 6.10. The van der Waals surface area contributed by atoms with Crippen molar-refractivity contribution in [2.75, 3.05) is 19.7 Å². The number of benzene rings is 1.